The first-order chi connectivity index (χ1) is 7.79. The van der Waals surface area contributed by atoms with Gasteiger partial charge in [-0.25, -0.2) is 0 Å². The van der Waals surface area contributed by atoms with Crippen LogP contribution in [0.4, 0.5) is 0 Å². The van der Waals surface area contributed by atoms with E-state index in [4.69, 9.17) is 5.11 Å². The van der Waals surface area contributed by atoms with Crippen LogP contribution in [-0.2, 0) is 13.0 Å². The number of benzene rings is 1. The highest BCUT2D eigenvalue weighted by molar-refractivity contribution is 5.84. The van der Waals surface area contributed by atoms with Gasteiger partial charge in [0, 0.05) is 29.2 Å². The molecule has 4 heteroatoms. The molecule has 0 spiro atoms. The number of nitrogens with one attached hydrogen (secondary N) is 1. The van der Waals surface area contributed by atoms with Crippen molar-refractivity contribution in [3.05, 3.63) is 40.7 Å². The van der Waals surface area contributed by atoms with Crippen molar-refractivity contribution >= 4 is 10.9 Å². The molecule has 0 unspecified atom stereocenters. The molecular weight excluding hydrogens is 204 g/mol. The number of hydrogen-bond acceptors (Lipinski definition) is 3. The molecule has 1 aliphatic rings. The topological polar surface area (TPSA) is 62.3 Å². The minimum absolute atomic E-state index is 0.0809. The van der Waals surface area contributed by atoms with Gasteiger partial charge >= 0.3 is 0 Å². The maximum atomic E-state index is 11.6. The van der Waals surface area contributed by atoms with Gasteiger partial charge in [0.2, 0.25) is 0 Å². The summed E-state index contributed by atoms with van der Waals surface area (Å²) in [6.45, 7) is 0.262. The van der Waals surface area contributed by atoms with Gasteiger partial charge in [0.15, 0.2) is 0 Å². The number of aliphatic hydroxyl groups excluding tert-OH is 1. The molecule has 1 aromatic carbocycles. The van der Waals surface area contributed by atoms with Gasteiger partial charge in [0.05, 0.1) is 6.61 Å². The van der Waals surface area contributed by atoms with Crippen molar-refractivity contribution in [3.63, 3.8) is 0 Å². The number of nitrogens with zero attached hydrogens (tertiary/aromatic N) is 1. The Hall–Kier alpha value is -1.36. The lowest BCUT2D eigenvalue weighted by Crippen LogP contribution is -2.38. The van der Waals surface area contributed by atoms with E-state index < -0.39 is 0 Å². The Morgan fingerprint density at radius 2 is 2.25 bits per heavy atom. The largest absolute Gasteiger partial charge is 0.785 e. The highest BCUT2D eigenvalue weighted by Gasteiger charge is 2.22. The Balaban J connectivity index is 2.13. The normalized spacial score (nSPS) is 21.2. The second-order valence-electron chi connectivity index (χ2n) is 4.24. The predicted octanol–water partition coefficient (Wildman–Crippen LogP) is 1.38. The van der Waals surface area contributed by atoms with E-state index in [2.05, 4.69) is 11.1 Å². The van der Waals surface area contributed by atoms with Crippen molar-refractivity contribution in [1.29, 1.82) is 0 Å². The minimum Gasteiger partial charge on any atom is -0.785 e. The Labute approximate surface area is 93.1 Å². The van der Waals surface area contributed by atoms with Crippen molar-refractivity contribution in [2.75, 3.05) is 6.61 Å². The van der Waals surface area contributed by atoms with Crippen LogP contribution in [-0.4, -0.2) is 27.8 Å². The number of aromatic nitrogens is 1. The average Bonchev–Trinajstić information content (AvgIpc) is 2.65. The molecule has 1 aromatic heterocycles. The fraction of sp³-hybridized carbons (Fsp3) is 0.333. The monoisotopic (exact) mass is 217 g/mol. The van der Waals surface area contributed by atoms with Crippen molar-refractivity contribution in [1.82, 2.24) is 10.0 Å². The number of rotatable bonds is 1. The smallest absolute Gasteiger partial charge is 0.0581 e. The highest BCUT2D eigenvalue weighted by Crippen LogP contribution is 2.29. The summed E-state index contributed by atoms with van der Waals surface area (Å²) >= 11 is 0. The molecule has 0 saturated carbocycles. The number of hydrogen-bond donors (Lipinski definition) is 2. The number of para-hydroxylation sites is 1. The van der Waals surface area contributed by atoms with Crippen LogP contribution in [0.25, 0.3) is 10.9 Å². The minimum atomic E-state index is -0.299. The lowest BCUT2D eigenvalue weighted by atomic mass is 9.99. The van der Waals surface area contributed by atoms with E-state index in [0.717, 1.165) is 16.3 Å². The molecule has 0 amide bonds. The third-order valence-electron chi connectivity index (χ3n) is 3.27. The number of aromatic amines is 1. The molecule has 1 atom stereocenters. The standard InChI is InChI=1S/C12H13N2O2/c15-7-8-5-10-9-3-1-2-4-11(9)13-12(10)6-14(8)16/h1-4,8,13,15H,5-7H2/q-1/t8-/m0/s1. The molecule has 2 heterocycles. The summed E-state index contributed by atoms with van der Waals surface area (Å²) in [5, 5.41) is 22.9. The first-order valence-electron chi connectivity index (χ1n) is 5.42. The average molecular weight is 217 g/mol. The summed E-state index contributed by atoms with van der Waals surface area (Å²) in [4.78, 5) is 3.27. The number of fused-ring (bicyclic) bond motifs is 3. The van der Waals surface area contributed by atoms with Crippen LogP contribution >= 0.6 is 0 Å². The molecule has 16 heavy (non-hydrogen) atoms. The maximum absolute atomic E-state index is 11.6. The van der Waals surface area contributed by atoms with Crippen LogP contribution in [0.5, 0.6) is 0 Å². The quantitative estimate of drug-likeness (QED) is 0.758. The van der Waals surface area contributed by atoms with Crippen molar-refractivity contribution in [2.45, 2.75) is 19.0 Å². The number of H-pyrrole nitrogens is 1. The van der Waals surface area contributed by atoms with Crippen LogP contribution in [0.2, 0.25) is 0 Å². The fourth-order valence-corrected chi connectivity index (χ4v) is 2.40. The van der Waals surface area contributed by atoms with Gasteiger partial charge in [-0.3, -0.25) is 0 Å². The van der Waals surface area contributed by atoms with Gasteiger partial charge in [0.25, 0.3) is 0 Å². The highest BCUT2D eigenvalue weighted by atomic mass is 16.5. The summed E-state index contributed by atoms with van der Waals surface area (Å²) in [5.74, 6) is 0. The van der Waals surface area contributed by atoms with Crippen molar-refractivity contribution in [2.24, 2.45) is 0 Å². The second kappa shape index (κ2) is 3.59. The van der Waals surface area contributed by atoms with E-state index in [1.807, 2.05) is 18.2 Å². The van der Waals surface area contributed by atoms with Gasteiger partial charge in [-0.05, 0) is 18.1 Å². The van der Waals surface area contributed by atoms with E-state index in [0.29, 0.717) is 13.0 Å². The Morgan fingerprint density at radius 3 is 3.06 bits per heavy atom. The lowest BCUT2D eigenvalue weighted by molar-refractivity contribution is 0.149. The molecule has 0 radical (unpaired) electrons. The van der Waals surface area contributed by atoms with Gasteiger partial charge in [-0.2, -0.15) is 0 Å². The zero-order valence-corrected chi connectivity index (χ0v) is 8.81. The molecule has 0 saturated heterocycles. The first-order valence-corrected chi connectivity index (χ1v) is 5.42. The van der Waals surface area contributed by atoms with Gasteiger partial charge in [-0.15, -0.1) is 0 Å². The molecular formula is C12H13N2O2-. The summed E-state index contributed by atoms with van der Waals surface area (Å²) in [5.41, 5.74) is 3.24. The zero-order valence-electron chi connectivity index (χ0n) is 8.81. The van der Waals surface area contributed by atoms with E-state index in [1.165, 1.54) is 10.9 Å². The summed E-state index contributed by atoms with van der Waals surface area (Å²) < 4.78 is 0. The summed E-state index contributed by atoms with van der Waals surface area (Å²) in [6, 6.07) is 7.74. The van der Waals surface area contributed by atoms with E-state index in [-0.39, 0.29) is 12.6 Å². The Bertz CT molecular complexity index is 521. The van der Waals surface area contributed by atoms with Crippen LogP contribution < -0.4 is 0 Å². The molecule has 3 rings (SSSR count). The molecule has 0 aliphatic carbocycles. The molecule has 1 aliphatic heterocycles. The van der Waals surface area contributed by atoms with Crippen LogP contribution in [0.3, 0.4) is 0 Å². The third kappa shape index (κ3) is 1.35. The van der Waals surface area contributed by atoms with E-state index in [9.17, 15) is 5.21 Å². The molecule has 2 N–H and O–H groups in total. The molecule has 0 fully saturated rings. The van der Waals surface area contributed by atoms with E-state index >= 15 is 0 Å². The Kier molecular flexibility index (Phi) is 2.21. The predicted molar refractivity (Wildman–Crippen MR) is 61.8 cm³/mol. The van der Waals surface area contributed by atoms with Crippen molar-refractivity contribution < 1.29 is 5.11 Å². The number of aliphatic hydroxyl groups is 1. The Morgan fingerprint density at radius 1 is 1.44 bits per heavy atom. The fourth-order valence-electron chi connectivity index (χ4n) is 2.40. The summed E-state index contributed by atoms with van der Waals surface area (Å²) in [7, 11) is 0. The van der Waals surface area contributed by atoms with Gasteiger partial charge in [0.1, 0.15) is 0 Å². The molecule has 84 valence electrons. The maximum Gasteiger partial charge on any atom is 0.0581 e. The SMILES string of the molecule is [O-]N1Cc2[nH]c3ccccc3c2C[C@H]1CO. The third-order valence-corrected chi connectivity index (χ3v) is 3.27. The van der Waals surface area contributed by atoms with Crippen LogP contribution in [0.15, 0.2) is 24.3 Å². The zero-order chi connectivity index (χ0) is 11.1. The summed E-state index contributed by atoms with van der Waals surface area (Å²) in [6.07, 6.45) is 0.624. The van der Waals surface area contributed by atoms with Crippen LogP contribution in [0, 0.1) is 5.21 Å². The first kappa shape index (κ1) is 9.84. The van der Waals surface area contributed by atoms with Gasteiger partial charge in [-0.1, -0.05) is 18.2 Å². The van der Waals surface area contributed by atoms with Crippen molar-refractivity contribution in [3.8, 4) is 0 Å². The molecule has 0 bridgehead atoms. The van der Waals surface area contributed by atoms with Gasteiger partial charge < -0.3 is 20.4 Å². The van der Waals surface area contributed by atoms with E-state index in [1.54, 1.807) is 0 Å². The second-order valence-corrected chi connectivity index (χ2v) is 4.24. The molecule has 2 aromatic rings. The lowest BCUT2D eigenvalue weighted by Gasteiger charge is -2.39. The molecule has 4 nitrogen and oxygen atoms in total. The number of hydroxylamine groups is 2. The van der Waals surface area contributed by atoms with Crippen LogP contribution in [0.1, 0.15) is 11.3 Å².